The van der Waals surface area contributed by atoms with E-state index in [-0.39, 0.29) is 11.9 Å². The summed E-state index contributed by atoms with van der Waals surface area (Å²) in [6.07, 6.45) is 7.80. The summed E-state index contributed by atoms with van der Waals surface area (Å²) in [6.45, 7) is 0. The zero-order valence-corrected chi connectivity index (χ0v) is 11.5. The topological polar surface area (TPSA) is 43.8 Å². The van der Waals surface area contributed by atoms with Crippen LogP contribution in [0.2, 0.25) is 0 Å². The van der Waals surface area contributed by atoms with E-state index in [1.807, 2.05) is 6.07 Å². The van der Waals surface area contributed by atoms with Crippen molar-refractivity contribution in [2.24, 2.45) is 5.73 Å². The maximum atomic E-state index is 12.9. The van der Waals surface area contributed by atoms with Crippen LogP contribution < -0.4 is 5.73 Å². The molecule has 1 heterocycles. The average Bonchev–Trinajstić information content (AvgIpc) is 3.09. The molecule has 0 aliphatic heterocycles. The van der Waals surface area contributed by atoms with Gasteiger partial charge < -0.3 is 5.73 Å². The summed E-state index contributed by atoms with van der Waals surface area (Å²) in [4.78, 5) is 0. The Morgan fingerprint density at radius 3 is 2.60 bits per heavy atom. The zero-order chi connectivity index (χ0) is 13.9. The summed E-state index contributed by atoms with van der Waals surface area (Å²) >= 11 is 0. The second kappa shape index (κ2) is 5.75. The van der Waals surface area contributed by atoms with Gasteiger partial charge in [-0.1, -0.05) is 25.0 Å². The first-order valence-corrected chi connectivity index (χ1v) is 7.27. The normalized spacial score (nSPS) is 17.5. The van der Waals surface area contributed by atoms with Crippen molar-refractivity contribution in [3.63, 3.8) is 0 Å². The van der Waals surface area contributed by atoms with E-state index in [2.05, 4.69) is 16.0 Å². The molecule has 0 saturated heterocycles. The van der Waals surface area contributed by atoms with E-state index >= 15 is 0 Å². The van der Waals surface area contributed by atoms with E-state index in [0.29, 0.717) is 12.5 Å². The van der Waals surface area contributed by atoms with E-state index in [0.717, 1.165) is 11.3 Å². The van der Waals surface area contributed by atoms with Gasteiger partial charge in [-0.15, -0.1) is 0 Å². The number of hydrogen-bond acceptors (Lipinski definition) is 2. The third-order valence-electron chi connectivity index (χ3n) is 4.09. The van der Waals surface area contributed by atoms with Crippen LogP contribution in [0.1, 0.15) is 49.0 Å². The molecule has 1 atom stereocenters. The Labute approximate surface area is 118 Å². The van der Waals surface area contributed by atoms with E-state index in [4.69, 9.17) is 5.73 Å². The summed E-state index contributed by atoms with van der Waals surface area (Å²) in [5.74, 6) is -0.230. The second-order valence-electron chi connectivity index (χ2n) is 5.59. The fourth-order valence-corrected chi connectivity index (χ4v) is 2.91. The maximum absolute atomic E-state index is 12.9. The molecule has 3 rings (SSSR count). The van der Waals surface area contributed by atoms with Crippen molar-refractivity contribution in [3.05, 3.63) is 53.6 Å². The smallest absolute Gasteiger partial charge is 0.123 e. The van der Waals surface area contributed by atoms with Gasteiger partial charge in [-0.3, -0.25) is 4.68 Å². The van der Waals surface area contributed by atoms with Gasteiger partial charge in [0.15, 0.2) is 0 Å². The first-order valence-electron chi connectivity index (χ1n) is 7.27. The van der Waals surface area contributed by atoms with E-state index in [1.165, 1.54) is 37.8 Å². The van der Waals surface area contributed by atoms with Gasteiger partial charge in [-0.05, 0) is 36.6 Å². The van der Waals surface area contributed by atoms with Crippen LogP contribution in [0.3, 0.4) is 0 Å². The average molecular weight is 273 g/mol. The number of hydrogen-bond donors (Lipinski definition) is 1. The molecule has 2 aromatic rings. The maximum Gasteiger partial charge on any atom is 0.123 e. The predicted molar refractivity (Wildman–Crippen MR) is 76.8 cm³/mol. The van der Waals surface area contributed by atoms with Crippen molar-refractivity contribution in [2.75, 3.05) is 0 Å². The lowest BCUT2D eigenvalue weighted by Gasteiger charge is -2.11. The molecular weight excluding hydrogens is 253 g/mol. The van der Waals surface area contributed by atoms with Crippen LogP contribution in [-0.2, 0) is 6.42 Å². The fourth-order valence-electron chi connectivity index (χ4n) is 2.91. The molecule has 0 amide bonds. The predicted octanol–water partition coefficient (Wildman–Crippen LogP) is 3.38. The molecule has 4 heteroatoms. The summed E-state index contributed by atoms with van der Waals surface area (Å²) in [5.41, 5.74) is 8.12. The highest BCUT2D eigenvalue weighted by Gasteiger charge is 2.18. The number of aromatic nitrogens is 2. The molecule has 2 N–H and O–H groups in total. The third-order valence-corrected chi connectivity index (χ3v) is 4.09. The Morgan fingerprint density at radius 1 is 1.20 bits per heavy atom. The minimum atomic E-state index is -0.230. The SMILES string of the molecule is NC(Cc1ccn(C2CCCC2)n1)c1ccc(F)cc1. The molecule has 0 radical (unpaired) electrons. The van der Waals surface area contributed by atoms with Crippen molar-refractivity contribution in [2.45, 2.75) is 44.2 Å². The molecule has 0 spiro atoms. The van der Waals surface area contributed by atoms with E-state index < -0.39 is 0 Å². The Morgan fingerprint density at radius 2 is 1.90 bits per heavy atom. The molecule has 20 heavy (non-hydrogen) atoms. The molecule has 1 aliphatic carbocycles. The lowest BCUT2D eigenvalue weighted by molar-refractivity contribution is 0.461. The molecule has 1 aliphatic rings. The van der Waals surface area contributed by atoms with Gasteiger partial charge >= 0.3 is 0 Å². The van der Waals surface area contributed by atoms with Gasteiger partial charge in [0, 0.05) is 18.7 Å². The van der Waals surface area contributed by atoms with Gasteiger partial charge in [0.2, 0.25) is 0 Å². The van der Waals surface area contributed by atoms with Crippen LogP contribution in [0.5, 0.6) is 0 Å². The first-order chi connectivity index (χ1) is 9.72. The van der Waals surface area contributed by atoms with Crippen LogP contribution in [0.25, 0.3) is 0 Å². The summed E-state index contributed by atoms with van der Waals surface area (Å²) in [7, 11) is 0. The van der Waals surface area contributed by atoms with Crippen molar-refractivity contribution in [1.29, 1.82) is 0 Å². The lowest BCUT2D eigenvalue weighted by Crippen LogP contribution is -2.14. The Kier molecular flexibility index (Phi) is 3.83. The van der Waals surface area contributed by atoms with E-state index in [9.17, 15) is 4.39 Å². The van der Waals surface area contributed by atoms with Gasteiger partial charge in [0.25, 0.3) is 0 Å². The molecular formula is C16H20FN3. The minimum absolute atomic E-state index is 0.137. The van der Waals surface area contributed by atoms with Gasteiger partial charge in [-0.25, -0.2) is 4.39 Å². The quantitative estimate of drug-likeness (QED) is 0.928. The molecule has 106 valence electrons. The number of nitrogens with zero attached hydrogens (tertiary/aromatic N) is 2. The molecule has 3 nitrogen and oxygen atoms in total. The van der Waals surface area contributed by atoms with Crippen LogP contribution in [0, 0.1) is 5.82 Å². The highest BCUT2D eigenvalue weighted by atomic mass is 19.1. The van der Waals surface area contributed by atoms with E-state index in [1.54, 1.807) is 12.1 Å². The van der Waals surface area contributed by atoms with Crippen molar-refractivity contribution in [3.8, 4) is 0 Å². The molecule has 1 aromatic carbocycles. The third kappa shape index (κ3) is 2.90. The van der Waals surface area contributed by atoms with Crippen LogP contribution in [-0.4, -0.2) is 9.78 Å². The summed E-state index contributed by atoms with van der Waals surface area (Å²) in [6, 6.07) is 8.86. The monoisotopic (exact) mass is 273 g/mol. The lowest BCUT2D eigenvalue weighted by atomic mass is 10.0. The van der Waals surface area contributed by atoms with Crippen LogP contribution >= 0.6 is 0 Å². The highest BCUT2D eigenvalue weighted by Crippen LogP contribution is 2.29. The Bertz CT molecular complexity index is 555. The second-order valence-corrected chi connectivity index (χ2v) is 5.59. The molecule has 1 aromatic heterocycles. The Hall–Kier alpha value is -1.68. The van der Waals surface area contributed by atoms with Gasteiger partial charge in [-0.2, -0.15) is 5.10 Å². The standard InChI is InChI=1S/C16H20FN3/c17-13-7-5-12(6-8-13)16(18)11-14-9-10-20(19-14)15-3-1-2-4-15/h5-10,15-16H,1-4,11,18H2. The molecule has 0 bridgehead atoms. The first kappa shape index (κ1) is 13.3. The summed E-state index contributed by atoms with van der Waals surface area (Å²) in [5, 5.41) is 4.64. The molecule has 1 fully saturated rings. The number of benzene rings is 1. The molecule has 1 unspecified atom stereocenters. The fraction of sp³-hybridized carbons (Fsp3) is 0.438. The van der Waals surface area contributed by atoms with Crippen molar-refractivity contribution < 1.29 is 4.39 Å². The van der Waals surface area contributed by atoms with Crippen molar-refractivity contribution in [1.82, 2.24) is 9.78 Å². The summed E-state index contributed by atoms with van der Waals surface area (Å²) < 4.78 is 15.0. The van der Waals surface area contributed by atoms with Gasteiger partial charge in [0.1, 0.15) is 5.82 Å². The minimum Gasteiger partial charge on any atom is -0.324 e. The highest BCUT2D eigenvalue weighted by molar-refractivity contribution is 5.21. The Balaban J connectivity index is 1.66. The largest absolute Gasteiger partial charge is 0.324 e. The number of halogens is 1. The van der Waals surface area contributed by atoms with Crippen LogP contribution in [0.15, 0.2) is 36.5 Å². The number of rotatable bonds is 4. The van der Waals surface area contributed by atoms with Crippen molar-refractivity contribution >= 4 is 0 Å². The van der Waals surface area contributed by atoms with Crippen LogP contribution in [0.4, 0.5) is 4.39 Å². The zero-order valence-electron chi connectivity index (χ0n) is 11.5. The molecule has 1 saturated carbocycles. The number of nitrogens with two attached hydrogens (primary N) is 1. The van der Waals surface area contributed by atoms with Gasteiger partial charge in [0.05, 0.1) is 11.7 Å².